The van der Waals surface area contributed by atoms with E-state index in [0.29, 0.717) is 36.2 Å². The van der Waals surface area contributed by atoms with Gasteiger partial charge in [0.25, 0.3) is 0 Å². The molecule has 8 nitrogen and oxygen atoms in total. The van der Waals surface area contributed by atoms with Crippen molar-refractivity contribution < 1.29 is 26.3 Å². The van der Waals surface area contributed by atoms with Crippen LogP contribution in [0.2, 0.25) is 0 Å². The third kappa shape index (κ3) is 8.63. The summed E-state index contributed by atoms with van der Waals surface area (Å²) < 4.78 is 66.7. The van der Waals surface area contributed by atoms with E-state index in [1.165, 1.54) is 0 Å². The fourth-order valence-electron chi connectivity index (χ4n) is 3.37. The second kappa shape index (κ2) is 13.2. The summed E-state index contributed by atoms with van der Waals surface area (Å²) in [6.45, 7) is 8.11. The Bertz CT molecular complexity index is 623. The number of hydrogen-bond acceptors (Lipinski definition) is 5. The Morgan fingerprint density at radius 2 is 1.77 bits per heavy atom. The Labute approximate surface area is 194 Å². The van der Waals surface area contributed by atoms with Crippen LogP contribution >= 0.6 is 24.0 Å². The molecule has 13 heteroatoms. The molecule has 0 unspecified atom stereocenters. The maximum absolute atomic E-state index is 12.6. The van der Waals surface area contributed by atoms with Gasteiger partial charge in [0.05, 0.1) is 13.2 Å². The van der Waals surface area contributed by atoms with Gasteiger partial charge in [-0.25, -0.2) is 8.42 Å². The largest absolute Gasteiger partial charge is 0.511 e. The maximum atomic E-state index is 12.6. The van der Waals surface area contributed by atoms with Gasteiger partial charge < -0.3 is 15.4 Å². The van der Waals surface area contributed by atoms with Crippen molar-refractivity contribution in [2.75, 3.05) is 65.6 Å². The van der Waals surface area contributed by atoms with Crippen LogP contribution < -0.4 is 10.6 Å². The fourth-order valence-corrected chi connectivity index (χ4v) is 4.36. The van der Waals surface area contributed by atoms with E-state index in [-0.39, 0.29) is 43.0 Å². The van der Waals surface area contributed by atoms with Crippen LogP contribution in [0.15, 0.2) is 4.99 Å². The average Bonchev–Trinajstić information content (AvgIpc) is 2.69. The standard InChI is InChI=1S/C17H32F3N5O3S.HI/c1-2-21-16(22-6-3-7-24-10-12-28-13-11-24)23-14-15-4-8-25(9-5-15)29(26,27)17(18,19)20;/h15H,2-14H2,1H3,(H2,21,22,23);1H. The normalized spacial score (nSPS) is 20.6. The first-order valence-electron chi connectivity index (χ1n) is 10.1. The molecule has 2 aliphatic heterocycles. The summed E-state index contributed by atoms with van der Waals surface area (Å²) in [4.78, 5) is 6.89. The summed E-state index contributed by atoms with van der Waals surface area (Å²) in [5.41, 5.74) is -5.23. The number of rotatable bonds is 8. The Balaban J connectivity index is 0.00000450. The smallest absolute Gasteiger partial charge is 0.379 e. The SMILES string of the molecule is CCNC(=NCC1CCN(S(=O)(=O)C(F)(F)F)CC1)NCCCN1CCOCC1.I. The lowest BCUT2D eigenvalue weighted by atomic mass is 9.98. The van der Waals surface area contributed by atoms with Crippen LogP contribution in [0, 0.1) is 5.92 Å². The Morgan fingerprint density at radius 3 is 2.33 bits per heavy atom. The maximum Gasteiger partial charge on any atom is 0.511 e. The van der Waals surface area contributed by atoms with Crippen LogP contribution in [-0.2, 0) is 14.8 Å². The molecular formula is C17H33F3IN5O3S. The molecule has 0 aliphatic carbocycles. The van der Waals surface area contributed by atoms with Crippen molar-refractivity contribution in [1.29, 1.82) is 0 Å². The quantitative estimate of drug-likeness (QED) is 0.199. The predicted octanol–water partition coefficient (Wildman–Crippen LogP) is 1.44. The van der Waals surface area contributed by atoms with Crippen molar-refractivity contribution in [3.63, 3.8) is 0 Å². The summed E-state index contributed by atoms with van der Waals surface area (Å²) in [7, 11) is -5.23. The minimum Gasteiger partial charge on any atom is -0.379 e. The van der Waals surface area contributed by atoms with Crippen molar-refractivity contribution in [2.45, 2.75) is 31.7 Å². The van der Waals surface area contributed by atoms with E-state index in [0.717, 1.165) is 45.8 Å². The van der Waals surface area contributed by atoms with Crippen LogP contribution in [-0.4, -0.2) is 94.7 Å². The molecule has 2 aliphatic rings. The number of guanidine groups is 1. The molecule has 2 N–H and O–H groups in total. The number of aliphatic imine (C=N–C) groups is 1. The zero-order valence-corrected chi connectivity index (χ0v) is 20.4. The molecule has 2 rings (SSSR count). The first-order chi connectivity index (χ1) is 13.7. The van der Waals surface area contributed by atoms with Gasteiger partial charge >= 0.3 is 15.5 Å². The van der Waals surface area contributed by atoms with Crippen molar-refractivity contribution >= 4 is 40.0 Å². The summed E-state index contributed by atoms with van der Waals surface area (Å²) in [6.07, 6.45) is 1.71. The molecule has 2 saturated heterocycles. The Hall–Kier alpha value is -0.380. The molecule has 2 heterocycles. The minimum atomic E-state index is -5.23. The molecular weight excluding hydrogens is 538 g/mol. The number of sulfonamides is 1. The van der Waals surface area contributed by atoms with Gasteiger partial charge in [0.2, 0.25) is 0 Å². The topological polar surface area (TPSA) is 86.3 Å². The molecule has 0 saturated carbocycles. The van der Waals surface area contributed by atoms with E-state index >= 15 is 0 Å². The number of hydrogen-bond donors (Lipinski definition) is 2. The van der Waals surface area contributed by atoms with Gasteiger partial charge in [0.1, 0.15) is 0 Å². The molecule has 0 atom stereocenters. The number of nitrogens with one attached hydrogen (secondary N) is 2. The van der Waals surface area contributed by atoms with Gasteiger partial charge in [-0.3, -0.25) is 9.89 Å². The van der Waals surface area contributed by atoms with Crippen LogP contribution in [0.1, 0.15) is 26.2 Å². The number of ether oxygens (including phenoxy) is 1. The highest BCUT2D eigenvalue weighted by atomic mass is 127. The van der Waals surface area contributed by atoms with Crippen LogP contribution in [0.4, 0.5) is 13.2 Å². The van der Waals surface area contributed by atoms with Gasteiger partial charge in [-0.1, -0.05) is 0 Å². The Kier molecular flexibility index (Phi) is 12.2. The second-order valence-electron chi connectivity index (χ2n) is 7.25. The van der Waals surface area contributed by atoms with E-state index in [9.17, 15) is 21.6 Å². The third-order valence-electron chi connectivity index (χ3n) is 5.10. The highest BCUT2D eigenvalue weighted by Crippen LogP contribution is 2.30. The molecule has 178 valence electrons. The first-order valence-corrected chi connectivity index (χ1v) is 11.6. The molecule has 0 amide bonds. The number of nitrogens with zero attached hydrogens (tertiary/aromatic N) is 3. The monoisotopic (exact) mass is 571 g/mol. The highest BCUT2D eigenvalue weighted by Gasteiger charge is 2.50. The predicted molar refractivity (Wildman–Crippen MR) is 121 cm³/mol. The molecule has 30 heavy (non-hydrogen) atoms. The molecule has 0 aromatic heterocycles. The van der Waals surface area contributed by atoms with E-state index in [1.807, 2.05) is 6.92 Å². The lowest BCUT2D eigenvalue weighted by Gasteiger charge is -2.31. The number of alkyl halides is 3. The first kappa shape index (κ1) is 27.7. The van der Waals surface area contributed by atoms with E-state index in [4.69, 9.17) is 4.74 Å². The molecule has 0 spiro atoms. The van der Waals surface area contributed by atoms with Gasteiger partial charge in [-0.05, 0) is 38.6 Å². The molecule has 0 bridgehead atoms. The molecule has 0 aromatic rings. The van der Waals surface area contributed by atoms with Gasteiger partial charge in [-0.2, -0.15) is 17.5 Å². The summed E-state index contributed by atoms with van der Waals surface area (Å²) in [6, 6.07) is 0. The van der Waals surface area contributed by atoms with Crippen LogP contribution in [0.3, 0.4) is 0 Å². The lowest BCUT2D eigenvalue weighted by Crippen LogP contribution is -2.45. The zero-order chi connectivity index (χ0) is 21.3. The summed E-state index contributed by atoms with van der Waals surface area (Å²) >= 11 is 0. The van der Waals surface area contributed by atoms with Gasteiger partial charge in [-0.15, -0.1) is 24.0 Å². The van der Waals surface area contributed by atoms with E-state index in [1.54, 1.807) is 0 Å². The van der Waals surface area contributed by atoms with Crippen molar-refractivity contribution in [1.82, 2.24) is 19.8 Å². The molecule has 2 fully saturated rings. The molecule has 0 radical (unpaired) electrons. The minimum absolute atomic E-state index is 0. The van der Waals surface area contributed by atoms with E-state index in [2.05, 4.69) is 20.5 Å². The third-order valence-corrected chi connectivity index (χ3v) is 6.73. The van der Waals surface area contributed by atoms with Crippen molar-refractivity contribution in [2.24, 2.45) is 10.9 Å². The fraction of sp³-hybridized carbons (Fsp3) is 0.941. The van der Waals surface area contributed by atoms with Crippen molar-refractivity contribution in [3.05, 3.63) is 0 Å². The number of morpholine rings is 1. The summed E-state index contributed by atoms with van der Waals surface area (Å²) in [5.74, 6) is 0.748. The highest BCUT2D eigenvalue weighted by molar-refractivity contribution is 14.0. The zero-order valence-electron chi connectivity index (χ0n) is 17.3. The molecule has 0 aromatic carbocycles. The van der Waals surface area contributed by atoms with Crippen molar-refractivity contribution in [3.8, 4) is 0 Å². The van der Waals surface area contributed by atoms with Crippen LogP contribution in [0.5, 0.6) is 0 Å². The average molecular weight is 571 g/mol. The van der Waals surface area contributed by atoms with Gasteiger partial charge in [0.15, 0.2) is 5.96 Å². The van der Waals surface area contributed by atoms with Crippen LogP contribution in [0.25, 0.3) is 0 Å². The lowest BCUT2D eigenvalue weighted by molar-refractivity contribution is -0.0496. The van der Waals surface area contributed by atoms with E-state index < -0.39 is 15.5 Å². The van der Waals surface area contributed by atoms with Gasteiger partial charge in [0, 0.05) is 45.8 Å². The second-order valence-corrected chi connectivity index (χ2v) is 9.18. The number of halogens is 4. The number of piperidine rings is 1. The summed E-state index contributed by atoms with van der Waals surface area (Å²) in [5, 5.41) is 6.44. The Morgan fingerprint density at radius 1 is 1.13 bits per heavy atom.